The molecule has 0 aromatic rings. The first kappa shape index (κ1) is 13.9. The number of hydrogen-bond donors (Lipinski definition) is 1. The number of rotatable bonds is 8. The van der Waals surface area contributed by atoms with Crippen molar-refractivity contribution in [3.63, 3.8) is 0 Å². The van der Waals surface area contributed by atoms with E-state index in [1.807, 2.05) is 0 Å². The summed E-state index contributed by atoms with van der Waals surface area (Å²) >= 11 is 0. The van der Waals surface area contributed by atoms with Crippen LogP contribution in [0.5, 0.6) is 0 Å². The number of nitrogens with zero attached hydrogens (tertiary/aromatic N) is 1. The van der Waals surface area contributed by atoms with E-state index in [2.05, 4.69) is 24.1 Å². The predicted molar refractivity (Wildman–Crippen MR) is 65.8 cm³/mol. The van der Waals surface area contributed by atoms with E-state index < -0.39 is 0 Å². The van der Waals surface area contributed by atoms with E-state index >= 15 is 0 Å². The molecule has 4 nitrogen and oxygen atoms in total. The summed E-state index contributed by atoms with van der Waals surface area (Å²) in [6, 6.07) is 0. The van der Waals surface area contributed by atoms with Gasteiger partial charge < -0.3 is 19.7 Å². The molecule has 1 fully saturated rings. The average molecular weight is 230 g/mol. The summed E-state index contributed by atoms with van der Waals surface area (Å²) in [5, 5.41) is 3.47. The molecule has 4 heteroatoms. The van der Waals surface area contributed by atoms with E-state index in [0.717, 1.165) is 52.4 Å². The van der Waals surface area contributed by atoms with E-state index in [0.29, 0.717) is 0 Å². The number of methoxy groups -OCH3 is 1. The smallest absolute Gasteiger partial charge is 0.106 e. The predicted octanol–water partition coefficient (Wildman–Crippen LogP) is 0.723. The van der Waals surface area contributed by atoms with E-state index in [-0.39, 0.29) is 5.60 Å². The molecule has 0 aromatic carbocycles. The molecule has 96 valence electrons. The number of ether oxygens (including phenoxy) is 2. The van der Waals surface area contributed by atoms with Crippen molar-refractivity contribution in [2.75, 3.05) is 53.0 Å². The highest BCUT2D eigenvalue weighted by molar-refractivity contribution is 4.86. The monoisotopic (exact) mass is 230 g/mol. The molecule has 1 saturated heterocycles. The van der Waals surface area contributed by atoms with Crippen molar-refractivity contribution >= 4 is 0 Å². The van der Waals surface area contributed by atoms with E-state index in [1.165, 1.54) is 0 Å². The van der Waals surface area contributed by atoms with Gasteiger partial charge in [0.05, 0.1) is 6.61 Å². The van der Waals surface area contributed by atoms with Crippen molar-refractivity contribution in [3.05, 3.63) is 0 Å². The Morgan fingerprint density at radius 3 is 2.62 bits per heavy atom. The summed E-state index contributed by atoms with van der Waals surface area (Å²) < 4.78 is 11.0. The number of nitrogens with one attached hydrogen (secondary N) is 1. The minimum atomic E-state index is -0.0801. The molecule has 1 heterocycles. The Morgan fingerprint density at radius 2 is 2.12 bits per heavy atom. The topological polar surface area (TPSA) is 33.7 Å². The molecule has 0 aliphatic carbocycles. The quantitative estimate of drug-likeness (QED) is 0.623. The van der Waals surface area contributed by atoms with E-state index in [4.69, 9.17) is 9.47 Å². The Kier molecular flexibility index (Phi) is 6.28. The highest BCUT2D eigenvalue weighted by atomic mass is 16.5. The molecular formula is C12H26N2O2. The zero-order valence-electron chi connectivity index (χ0n) is 10.9. The third-order valence-electron chi connectivity index (χ3n) is 3.45. The first-order chi connectivity index (χ1) is 7.76. The van der Waals surface area contributed by atoms with Crippen LogP contribution in [0.4, 0.5) is 0 Å². The lowest BCUT2D eigenvalue weighted by molar-refractivity contribution is -0.0158. The fourth-order valence-electron chi connectivity index (χ4n) is 2.05. The highest BCUT2D eigenvalue weighted by Crippen LogP contribution is 2.21. The van der Waals surface area contributed by atoms with Gasteiger partial charge in [-0.2, -0.15) is 0 Å². The minimum Gasteiger partial charge on any atom is -0.378 e. The third-order valence-corrected chi connectivity index (χ3v) is 3.45. The normalized spacial score (nSPS) is 25.5. The van der Waals surface area contributed by atoms with Crippen LogP contribution in [-0.2, 0) is 9.47 Å². The zero-order valence-corrected chi connectivity index (χ0v) is 10.9. The summed E-state index contributed by atoms with van der Waals surface area (Å²) in [4.78, 5) is 2.41. The van der Waals surface area contributed by atoms with Gasteiger partial charge in [0, 0.05) is 39.8 Å². The fourth-order valence-corrected chi connectivity index (χ4v) is 2.05. The molecule has 1 atom stereocenters. The van der Waals surface area contributed by atoms with Crippen LogP contribution < -0.4 is 5.32 Å². The first-order valence-electron chi connectivity index (χ1n) is 6.32. The van der Waals surface area contributed by atoms with Gasteiger partial charge in [0.1, 0.15) is 5.60 Å². The molecular weight excluding hydrogens is 204 g/mol. The average Bonchev–Trinajstić information content (AvgIpc) is 2.79. The van der Waals surface area contributed by atoms with Gasteiger partial charge in [-0.3, -0.25) is 0 Å². The summed E-state index contributed by atoms with van der Waals surface area (Å²) in [6.07, 6.45) is 1.00. The van der Waals surface area contributed by atoms with Gasteiger partial charge in [0.15, 0.2) is 0 Å². The summed E-state index contributed by atoms with van der Waals surface area (Å²) in [7, 11) is 1.78. The second-order valence-corrected chi connectivity index (χ2v) is 4.39. The van der Waals surface area contributed by atoms with Gasteiger partial charge >= 0.3 is 0 Å². The van der Waals surface area contributed by atoms with Crippen LogP contribution >= 0.6 is 0 Å². The molecule has 0 amide bonds. The standard InChI is InChI=1S/C12H26N2O2/c1-4-14(5-2)8-7-13-10-12(15-3)6-9-16-11-12/h13H,4-11H2,1-3H3. The van der Waals surface area contributed by atoms with E-state index in [1.54, 1.807) is 7.11 Å². The Balaban J connectivity index is 2.14. The van der Waals surface area contributed by atoms with Gasteiger partial charge in [0.2, 0.25) is 0 Å². The maximum absolute atomic E-state index is 5.56. The SMILES string of the molecule is CCN(CC)CCNCC1(OC)CCOC1. The molecule has 0 spiro atoms. The molecule has 1 unspecified atom stereocenters. The van der Waals surface area contributed by atoms with Crippen molar-refractivity contribution in [3.8, 4) is 0 Å². The lowest BCUT2D eigenvalue weighted by Crippen LogP contribution is -2.45. The maximum atomic E-state index is 5.56. The van der Waals surface area contributed by atoms with Crippen LogP contribution in [0.2, 0.25) is 0 Å². The maximum Gasteiger partial charge on any atom is 0.106 e. The fraction of sp³-hybridized carbons (Fsp3) is 1.00. The molecule has 1 aliphatic heterocycles. The molecule has 1 rings (SSSR count). The van der Waals surface area contributed by atoms with Gasteiger partial charge in [0.25, 0.3) is 0 Å². The number of hydrogen-bond acceptors (Lipinski definition) is 4. The van der Waals surface area contributed by atoms with Crippen LogP contribution in [0.25, 0.3) is 0 Å². The van der Waals surface area contributed by atoms with Crippen LogP contribution in [0, 0.1) is 0 Å². The number of likely N-dealkylation sites (N-methyl/N-ethyl adjacent to an activating group) is 1. The lowest BCUT2D eigenvalue weighted by Gasteiger charge is -2.27. The van der Waals surface area contributed by atoms with Gasteiger partial charge in [-0.1, -0.05) is 13.8 Å². The molecule has 0 radical (unpaired) electrons. The second-order valence-electron chi connectivity index (χ2n) is 4.39. The summed E-state index contributed by atoms with van der Waals surface area (Å²) in [6.45, 7) is 11.2. The molecule has 16 heavy (non-hydrogen) atoms. The Bertz CT molecular complexity index is 178. The van der Waals surface area contributed by atoms with Crippen LogP contribution in [0.3, 0.4) is 0 Å². The summed E-state index contributed by atoms with van der Waals surface area (Å²) in [5.41, 5.74) is -0.0801. The Hall–Kier alpha value is -0.160. The second kappa shape index (κ2) is 7.22. The molecule has 1 N–H and O–H groups in total. The van der Waals surface area contributed by atoms with Crippen molar-refractivity contribution in [1.82, 2.24) is 10.2 Å². The first-order valence-corrected chi connectivity index (χ1v) is 6.32. The van der Waals surface area contributed by atoms with Gasteiger partial charge in [-0.05, 0) is 13.1 Å². The lowest BCUT2D eigenvalue weighted by atomic mass is 10.0. The van der Waals surface area contributed by atoms with Crippen LogP contribution in [-0.4, -0.2) is 63.5 Å². The Labute approximate surface area is 99.3 Å². The molecule has 0 aromatic heterocycles. The minimum absolute atomic E-state index is 0.0801. The zero-order chi connectivity index (χ0) is 11.9. The van der Waals surface area contributed by atoms with Crippen molar-refractivity contribution in [2.45, 2.75) is 25.9 Å². The molecule has 0 bridgehead atoms. The summed E-state index contributed by atoms with van der Waals surface area (Å²) in [5.74, 6) is 0. The van der Waals surface area contributed by atoms with Crippen LogP contribution in [0.15, 0.2) is 0 Å². The van der Waals surface area contributed by atoms with Crippen LogP contribution in [0.1, 0.15) is 20.3 Å². The third kappa shape index (κ3) is 4.01. The van der Waals surface area contributed by atoms with Crippen molar-refractivity contribution < 1.29 is 9.47 Å². The molecule has 1 aliphatic rings. The highest BCUT2D eigenvalue weighted by Gasteiger charge is 2.34. The van der Waals surface area contributed by atoms with E-state index in [9.17, 15) is 0 Å². The van der Waals surface area contributed by atoms with Gasteiger partial charge in [-0.25, -0.2) is 0 Å². The Morgan fingerprint density at radius 1 is 1.38 bits per heavy atom. The largest absolute Gasteiger partial charge is 0.378 e. The van der Waals surface area contributed by atoms with Gasteiger partial charge in [-0.15, -0.1) is 0 Å². The molecule has 0 saturated carbocycles. The van der Waals surface area contributed by atoms with Crippen molar-refractivity contribution in [1.29, 1.82) is 0 Å². The van der Waals surface area contributed by atoms with Crippen molar-refractivity contribution in [2.24, 2.45) is 0 Å².